The zero-order valence-corrected chi connectivity index (χ0v) is 10.1. The highest BCUT2D eigenvalue weighted by atomic mass is 19.1. The van der Waals surface area contributed by atoms with Gasteiger partial charge in [0.1, 0.15) is 5.82 Å². The first-order chi connectivity index (χ1) is 8.22. The van der Waals surface area contributed by atoms with E-state index < -0.39 is 0 Å². The Bertz CT molecular complexity index is 355. The average molecular weight is 238 g/mol. The summed E-state index contributed by atoms with van der Waals surface area (Å²) in [7, 11) is 0. The van der Waals surface area contributed by atoms with Crippen LogP contribution in [0, 0.1) is 5.82 Å². The van der Waals surface area contributed by atoms with Crippen LogP contribution in [0.15, 0.2) is 24.3 Å². The molecule has 0 atom stereocenters. The van der Waals surface area contributed by atoms with Gasteiger partial charge in [-0.2, -0.15) is 0 Å². The van der Waals surface area contributed by atoms with Crippen LogP contribution in [-0.2, 0) is 11.3 Å². The second-order valence-corrected chi connectivity index (χ2v) is 3.91. The molecule has 17 heavy (non-hydrogen) atoms. The summed E-state index contributed by atoms with van der Waals surface area (Å²) < 4.78 is 12.9. The second-order valence-electron chi connectivity index (χ2n) is 3.91. The number of hydrogen-bond acceptors (Lipinski definition) is 2. The van der Waals surface area contributed by atoms with Crippen LogP contribution in [0.1, 0.15) is 25.3 Å². The van der Waals surface area contributed by atoms with Gasteiger partial charge >= 0.3 is 0 Å². The summed E-state index contributed by atoms with van der Waals surface area (Å²) in [5, 5.41) is 5.91. The van der Waals surface area contributed by atoms with Crippen molar-refractivity contribution in [2.75, 3.05) is 13.1 Å². The predicted octanol–water partition coefficient (Wildman–Crippen LogP) is 1.83. The molecular weight excluding hydrogens is 219 g/mol. The molecule has 1 aromatic carbocycles. The normalized spacial score (nSPS) is 10.2. The van der Waals surface area contributed by atoms with E-state index in [9.17, 15) is 9.18 Å². The topological polar surface area (TPSA) is 41.1 Å². The van der Waals surface area contributed by atoms with Gasteiger partial charge in [0, 0.05) is 26.1 Å². The van der Waals surface area contributed by atoms with Crippen LogP contribution >= 0.6 is 0 Å². The van der Waals surface area contributed by atoms with Crippen molar-refractivity contribution in [2.45, 2.75) is 26.3 Å². The van der Waals surface area contributed by atoms with E-state index in [-0.39, 0.29) is 11.7 Å². The minimum Gasteiger partial charge on any atom is -0.356 e. The zero-order chi connectivity index (χ0) is 12.5. The molecule has 94 valence electrons. The van der Waals surface area contributed by atoms with Crippen molar-refractivity contribution in [1.29, 1.82) is 0 Å². The molecule has 0 saturated heterocycles. The van der Waals surface area contributed by atoms with Gasteiger partial charge < -0.3 is 10.6 Å². The smallest absolute Gasteiger partial charge is 0.221 e. The monoisotopic (exact) mass is 238 g/mol. The van der Waals surface area contributed by atoms with Gasteiger partial charge in [0.05, 0.1) is 0 Å². The van der Waals surface area contributed by atoms with Crippen molar-refractivity contribution in [2.24, 2.45) is 0 Å². The second kappa shape index (κ2) is 7.79. The SMILES string of the molecule is CCCNC(=O)CCNCc1cccc(F)c1. The molecule has 1 amide bonds. The Morgan fingerprint density at radius 1 is 1.35 bits per heavy atom. The van der Waals surface area contributed by atoms with E-state index in [0.29, 0.717) is 19.5 Å². The van der Waals surface area contributed by atoms with E-state index in [2.05, 4.69) is 10.6 Å². The molecule has 0 unspecified atom stereocenters. The third-order valence-corrected chi connectivity index (χ3v) is 2.32. The fourth-order valence-electron chi connectivity index (χ4n) is 1.43. The van der Waals surface area contributed by atoms with E-state index >= 15 is 0 Å². The van der Waals surface area contributed by atoms with Crippen molar-refractivity contribution in [1.82, 2.24) is 10.6 Å². The van der Waals surface area contributed by atoms with Gasteiger partial charge in [-0.15, -0.1) is 0 Å². The molecule has 0 aromatic heterocycles. The number of hydrogen-bond donors (Lipinski definition) is 2. The quantitative estimate of drug-likeness (QED) is 0.712. The van der Waals surface area contributed by atoms with Crippen molar-refractivity contribution < 1.29 is 9.18 Å². The maximum absolute atomic E-state index is 12.9. The maximum Gasteiger partial charge on any atom is 0.221 e. The number of halogens is 1. The molecule has 0 heterocycles. The van der Waals surface area contributed by atoms with Gasteiger partial charge in [0.15, 0.2) is 0 Å². The summed E-state index contributed by atoms with van der Waals surface area (Å²) in [6, 6.07) is 6.44. The molecule has 0 spiro atoms. The summed E-state index contributed by atoms with van der Waals surface area (Å²) in [5.74, 6) is -0.177. The molecular formula is C13H19FN2O. The van der Waals surface area contributed by atoms with Gasteiger partial charge in [-0.3, -0.25) is 4.79 Å². The lowest BCUT2D eigenvalue weighted by atomic mass is 10.2. The third kappa shape index (κ3) is 6.02. The van der Waals surface area contributed by atoms with E-state index in [4.69, 9.17) is 0 Å². The minimum absolute atomic E-state index is 0.0543. The van der Waals surface area contributed by atoms with Gasteiger partial charge in [-0.1, -0.05) is 19.1 Å². The summed E-state index contributed by atoms with van der Waals surface area (Å²) >= 11 is 0. The molecule has 0 saturated carbocycles. The third-order valence-electron chi connectivity index (χ3n) is 2.32. The molecule has 0 bridgehead atoms. The molecule has 3 nitrogen and oxygen atoms in total. The lowest BCUT2D eigenvalue weighted by Gasteiger charge is -2.05. The Hall–Kier alpha value is -1.42. The summed E-state index contributed by atoms with van der Waals surface area (Å²) in [4.78, 5) is 11.3. The van der Waals surface area contributed by atoms with Crippen molar-refractivity contribution in [3.05, 3.63) is 35.6 Å². The number of rotatable bonds is 7. The first kappa shape index (κ1) is 13.6. The van der Waals surface area contributed by atoms with E-state index in [1.54, 1.807) is 6.07 Å². The van der Waals surface area contributed by atoms with E-state index in [1.165, 1.54) is 12.1 Å². The average Bonchev–Trinajstić information content (AvgIpc) is 2.32. The Morgan fingerprint density at radius 2 is 2.18 bits per heavy atom. The highest BCUT2D eigenvalue weighted by Gasteiger charge is 1.99. The lowest BCUT2D eigenvalue weighted by Crippen LogP contribution is -2.28. The summed E-state index contributed by atoms with van der Waals surface area (Å²) in [5.41, 5.74) is 0.888. The molecule has 0 fully saturated rings. The highest BCUT2D eigenvalue weighted by Crippen LogP contribution is 2.02. The summed E-state index contributed by atoms with van der Waals surface area (Å²) in [6.45, 7) is 3.93. The number of amides is 1. The molecule has 0 aliphatic heterocycles. The maximum atomic E-state index is 12.9. The van der Waals surface area contributed by atoms with Crippen molar-refractivity contribution in [3.63, 3.8) is 0 Å². The molecule has 0 aliphatic rings. The fraction of sp³-hybridized carbons (Fsp3) is 0.462. The van der Waals surface area contributed by atoms with Crippen LogP contribution in [-0.4, -0.2) is 19.0 Å². The van der Waals surface area contributed by atoms with Crippen LogP contribution in [0.2, 0.25) is 0 Å². The molecule has 0 radical (unpaired) electrons. The number of carbonyl (C=O) groups excluding carboxylic acids is 1. The van der Waals surface area contributed by atoms with Gasteiger partial charge in [-0.05, 0) is 24.1 Å². The molecule has 1 rings (SSSR count). The van der Waals surface area contributed by atoms with Crippen molar-refractivity contribution >= 4 is 5.91 Å². The minimum atomic E-state index is -0.231. The molecule has 1 aromatic rings. The Kier molecular flexibility index (Phi) is 6.25. The Labute approximate surface area is 101 Å². The predicted molar refractivity (Wildman–Crippen MR) is 66.0 cm³/mol. The van der Waals surface area contributed by atoms with Gasteiger partial charge in [0.2, 0.25) is 5.91 Å². The molecule has 2 N–H and O–H groups in total. The molecule has 0 aliphatic carbocycles. The van der Waals surface area contributed by atoms with Gasteiger partial charge in [0.25, 0.3) is 0 Å². The van der Waals surface area contributed by atoms with Gasteiger partial charge in [-0.25, -0.2) is 4.39 Å². The zero-order valence-electron chi connectivity index (χ0n) is 10.1. The number of carbonyl (C=O) groups is 1. The first-order valence-corrected chi connectivity index (χ1v) is 5.94. The van der Waals surface area contributed by atoms with Crippen LogP contribution < -0.4 is 10.6 Å². The molecule has 4 heteroatoms. The number of nitrogens with one attached hydrogen (secondary N) is 2. The van der Waals surface area contributed by atoms with Crippen LogP contribution in [0.4, 0.5) is 4.39 Å². The Morgan fingerprint density at radius 3 is 2.88 bits per heavy atom. The lowest BCUT2D eigenvalue weighted by molar-refractivity contribution is -0.120. The summed E-state index contributed by atoms with van der Waals surface area (Å²) in [6.07, 6.45) is 1.40. The van der Waals surface area contributed by atoms with Crippen LogP contribution in [0.25, 0.3) is 0 Å². The standard InChI is InChI=1S/C13H19FN2O/c1-2-7-16-13(17)6-8-15-10-11-4-3-5-12(14)9-11/h3-5,9,15H,2,6-8,10H2,1H3,(H,16,17). The Balaban J connectivity index is 2.14. The van der Waals surface area contributed by atoms with E-state index in [1.807, 2.05) is 13.0 Å². The fourth-order valence-corrected chi connectivity index (χ4v) is 1.43. The largest absolute Gasteiger partial charge is 0.356 e. The van der Waals surface area contributed by atoms with Crippen LogP contribution in [0.3, 0.4) is 0 Å². The van der Waals surface area contributed by atoms with Crippen LogP contribution in [0.5, 0.6) is 0 Å². The van der Waals surface area contributed by atoms with Crippen molar-refractivity contribution in [3.8, 4) is 0 Å². The first-order valence-electron chi connectivity index (χ1n) is 5.94. The highest BCUT2D eigenvalue weighted by molar-refractivity contribution is 5.75. The van der Waals surface area contributed by atoms with E-state index in [0.717, 1.165) is 18.5 Å². The number of benzene rings is 1.